The molecular formula is C12H18N2O4S. The summed E-state index contributed by atoms with van der Waals surface area (Å²) in [4.78, 5) is 6.37. The summed E-state index contributed by atoms with van der Waals surface area (Å²) >= 11 is 0. The summed E-state index contributed by atoms with van der Waals surface area (Å²) in [5.41, 5.74) is 1.82. The second kappa shape index (κ2) is 4.97. The zero-order chi connectivity index (χ0) is 14.2. The molecule has 0 saturated carbocycles. The normalized spacial score (nSPS) is 23.1. The molecule has 0 aromatic carbocycles. The van der Waals surface area contributed by atoms with E-state index in [0.29, 0.717) is 12.4 Å². The minimum absolute atomic E-state index is 0.00335. The van der Waals surface area contributed by atoms with Crippen molar-refractivity contribution in [2.24, 2.45) is 0 Å². The maximum absolute atomic E-state index is 11.1. The molecule has 0 bridgehead atoms. The topological polar surface area (TPSA) is 68.7 Å². The van der Waals surface area contributed by atoms with Gasteiger partial charge in [-0.05, 0) is 19.9 Å². The highest BCUT2D eigenvalue weighted by atomic mass is 32.2. The number of hydrogen-bond donors (Lipinski definition) is 0. The molecule has 0 spiro atoms. The van der Waals surface area contributed by atoms with Crippen LogP contribution in [0.1, 0.15) is 12.6 Å². The maximum Gasteiger partial charge on any atom is 0.264 e. The van der Waals surface area contributed by atoms with E-state index in [1.165, 1.54) is 0 Å². The zero-order valence-corrected chi connectivity index (χ0v) is 12.3. The number of hydrogen-bond acceptors (Lipinski definition) is 6. The Kier molecular flexibility index (Phi) is 3.69. The van der Waals surface area contributed by atoms with Crippen molar-refractivity contribution in [1.82, 2.24) is 4.98 Å². The Hall–Kier alpha value is -1.34. The van der Waals surface area contributed by atoms with Crippen LogP contribution >= 0.6 is 0 Å². The number of methoxy groups -OCH3 is 1. The van der Waals surface area contributed by atoms with E-state index < -0.39 is 10.1 Å². The smallest absolute Gasteiger partial charge is 0.264 e. The monoisotopic (exact) mass is 286 g/mol. The van der Waals surface area contributed by atoms with Crippen LogP contribution in [0, 0.1) is 6.92 Å². The van der Waals surface area contributed by atoms with Crippen LogP contribution in [0.15, 0.2) is 12.1 Å². The minimum atomic E-state index is -3.41. The number of aromatic nitrogens is 1. The van der Waals surface area contributed by atoms with Crippen molar-refractivity contribution in [1.29, 1.82) is 0 Å². The molecule has 1 aromatic heterocycles. The Morgan fingerprint density at radius 2 is 2.11 bits per heavy atom. The van der Waals surface area contributed by atoms with Gasteiger partial charge in [-0.1, -0.05) is 0 Å². The maximum atomic E-state index is 11.1. The number of anilines is 1. The first-order chi connectivity index (χ1) is 8.81. The number of aryl methyl sites for hydroxylation is 1. The van der Waals surface area contributed by atoms with Crippen molar-refractivity contribution in [2.75, 3.05) is 24.8 Å². The summed E-state index contributed by atoms with van der Waals surface area (Å²) in [5, 5.41) is 0. The molecule has 0 amide bonds. The predicted octanol–water partition coefficient (Wildman–Crippen LogP) is 0.952. The first-order valence-electron chi connectivity index (χ1n) is 5.98. The van der Waals surface area contributed by atoms with Crippen LogP contribution in [0.5, 0.6) is 5.88 Å². The molecule has 0 N–H and O–H groups in total. The van der Waals surface area contributed by atoms with Crippen molar-refractivity contribution in [2.45, 2.75) is 26.0 Å². The largest absolute Gasteiger partial charge is 0.481 e. The lowest BCUT2D eigenvalue weighted by atomic mass is 10.00. The second-order valence-corrected chi connectivity index (χ2v) is 6.29. The summed E-state index contributed by atoms with van der Waals surface area (Å²) in [7, 11) is -1.83. The van der Waals surface area contributed by atoms with Crippen molar-refractivity contribution < 1.29 is 17.3 Å². The fourth-order valence-corrected chi connectivity index (χ4v) is 2.85. The highest BCUT2D eigenvalue weighted by Crippen LogP contribution is 2.31. The molecule has 0 radical (unpaired) electrons. The Morgan fingerprint density at radius 3 is 2.58 bits per heavy atom. The van der Waals surface area contributed by atoms with Gasteiger partial charge in [0.15, 0.2) is 0 Å². The van der Waals surface area contributed by atoms with Gasteiger partial charge in [0, 0.05) is 12.6 Å². The third-order valence-corrected chi connectivity index (χ3v) is 3.85. The van der Waals surface area contributed by atoms with Crippen LogP contribution in [-0.4, -0.2) is 45.5 Å². The average Bonchev–Trinajstić information content (AvgIpc) is 2.33. The van der Waals surface area contributed by atoms with Crippen molar-refractivity contribution in [3.8, 4) is 5.88 Å². The first-order valence-corrected chi connectivity index (χ1v) is 7.80. The summed E-state index contributed by atoms with van der Waals surface area (Å²) in [5.74, 6) is 0.568. The number of ether oxygens (including phenoxy) is 1. The van der Waals surface area contributed by atoms with E-state index in [2.05, 4.69) is 9.88 Å². The molecule has 0 aliphatic carbocycles. The van der Waals surface area contributed by atoms with Gasteiger partial charge >= 0.3 is 0 Å². The van der Waals surface area contributed by atoms with Gasteiger partial charge in [-0.3, -0.25) is 4.18 Å². The second-order valence-electron chi connectivity index (χ2n) is 4.69. The number of pyridine rings is 1. The molecule has 2 rings (SSSR count). The van der Waals surface area contributed by atoms with Crippen LogP contribution in [0.3, 0.4) is 0 Å². The molecule has 1 aliphatic rings. The Morgan fingerprint density at radius 1 is 1.42 bits per heavy atom. The molecule has 1 aliphatic heterocycles. The molecule has 2 heterocycles. The van der Waals surface area contributed by atoms with Crippen LogP contribution in [-0.2, 0) is 14.3 Å². The molecule has 19 heavy (non-hydrogen) atoms. The van der Waals surface area contributed by atoms with Crippen molar-refractivity contribution >= 4 is 15.8 Å². The van der Waals surface area contributed by atoms with Crippen LogP contribution in [0.4, 0.5) is 5.69 Å². The molecule has 1 saturated heterocycles. The molecule has 6 nitrogen and oxygen atoms in total. The Bertz CT molecular complexity index is 573. The van der Waals surface area contributed by atoms with Gasteiger partial charge in [0.25, 0.3) is 10.1 Å². The average molecular weight is 286 g/mol. The van der Waals surface area contributed by atoms with E-state index >= 15 is 0 Å². The number of nitrogens with zero attached hydrogens (tertiary/aromatic N) is 2. The van der Waals surface area contributed by atoms with Crippen LogP contribution < -0.4 is 9.64 Å². The van der Waals surface area contributed by atoms with E-state index in [1.807, 2.05) is 19.9 Å². The molecular weight excluding hydrogens is 268 g/mol. The summed E-state index contributed by atoms with van der Waals surface area (Å²) in [6, 6.07) is 3.72. The van der Waals surface area contributed by atoms with E-state index in [1.54, 1.807) is 13.2 Å². The highest BCUT2D eigenvalue weighted by molar-refractivity contribution is 7.86. The summed E-state index contributed by atoms with van der Waals surface area (Å²) in [6.45, 7) is 4.38. The molecule has 2 atom stereocenters. The SMILES string of the molecule is COc1ccc(N2CC(OS(C)(=O)=O)C2C)c(C)n1. The summed E-state index contributed by atoms with van der Waals surface area (Å²) < 4.78 is 32.3. The van der Waals surface area contributed by atoms with Gasteiger partial charge in [-0.2, -0.15) is 8.42 Å². The fraction of sp³-hybridized carbons (Fsp3) is 0.583. The quantitative estimate of drug-likeness (QED) is 0.768. The lowest BCUT2D eigenvalue weighted by Crippen LogP contribution is -2.60. The molecule has 2 unspecified atom stereocenters. The third-order valence-electron chi connectivity index (χ3n) is 3.26. The first kappa shape index (κ1) is 14.1. The number of rotatable bonds is 4. The van der Waals surface area contributed by atoms with Crippen molar-refractivity contribution in [3.05, 3.63) is 17.8 Å². The standard InChI is InChI=1S/C12H18N2O4S/c1-8-10(5-6-12(13-8)17-3)14-7-11(9(14)2)18-19(4,15)16/h5-6,9,11H,7H2,1-4H3. The van der Waals surface area contributed by atoms with Crippen LogP contribution in [0.25, 0.3) is 0 Å². The van der Waals surface area contributed by atoms with E-state index in [9.17, 15) is 8.42 Å². The van der Waals surface area contributed by atoms with Crippen molar-refractivity contribution in [3.63, 3.8) is 0 Å². The van der Waals surface area contributed by atoms with Gasteiger partial charge in [0.1, 0.15) is 6.10 Å². The molecule has 1 aromatic rings. The van der Waals surface area contributed by atoms with E-state index in [0.717, 1.165) is 17.6 Å². The predicted molar refractivity (Wildman–Crippen MR) is 72.1 cm³/mol. The van der Waals surface area contributed by atoms with Gasteiger partial charge in [-0.15, -0.1) is 0 Å². The Labute approximate surface area is 113 Å². The van der Waals surface area contributed by atoms with Gasteiger partial charge in [-0.25, -0.2) is 4.98 Å². The molecule has 106 valence electrons. The lowest BCUT2D eigenvalue weighted by molar-refractivity contribution is 0.132. The Balaban J connectivity index is 2.10. The lowest BCUT2D eigenvalue weighted by Gasteiger charge is -2.47. The van der Waals surface area contributed by atoms with E-state index in [4.69, 9.17) is 8.92 Å². The minimum Gasteiger partial charge on any atom is -0.481 e. The zero-order valence-electron chi connectivity index (χ0n) is 11.5. The summed E-state index contributed by atoms with van der Waals surface area (Å²) in [6.07, 6.45) is 0.777. The third kappa shape index (κ3) is 2.98. The van der Waals surface area contributed by atoms with Gasteiger partial charge in [0.2, 0.25) is 5.88 Å². The van der Waals surface area contributed by atoms with Gasteiger partial charge in [0.05, 0.1) is 30.8 Å². The van der Waals surface area contributed by atoms with Crippen LogP contribution in [0.2, 0.25) is 0 Å². The fourth-order valence-electron chi connectivity index (χ4n) is 2.18. The highest BCUT2D eigenvalue weighted by Gasteiger charge is 2.39. The molecule has 7 heteroatoms. The van der Waals surface area contributed by atoms with E-state index in [-0.39, 0.29) is 12.1 Å². The molecule has 1 fully saturated rings. The van der Waals surface area contributed by atoms with Gasteiger partial charge < -0.3 is 9.64 Å².